The molecule has 0 bridgehead atoms. The summed E-state index contributed by atoms with van der Waals surface area (Å²) in [4.78, 5) is 20.4. The van der Waals surface area contributed by atoms with Crippen LogP contribution in [0.2, 0.25) is 0 Å². The number of nitrogens with one attached hydrogen (secondary N) is 2. The molecule has 2 N–H and O–H groups in total. The van der Waals surface area contributed by atoms with Gasteiger partial charge in [-0.25, -0.2) is 9.97 Å². The first-order chi connectivity index (χ1) is 10.1. The van der Waals surface area contributed by atoms with Crippen LogP contribution in [0.1, 0.15) is 13.8 Å². The lowest BCUT2D eigenvalue weighted by atomic mass is 10.2. The van der Waals surface area contributed by atoms with E-state index in [1.165, 1.54) is 0 Å². The molecular formula is C15H17BrN4O. The number of halogens is 1. The predicted octanol–water partition coefficient (Wildman–Crippen LogP) is 2.84. The van der Waals surface area contributed by atoms with Crippen LogP contribution in [0.25, 0.3) is 11.4 Å². The zero-order chi connectivity index (χ0) is 15.2. The Hall–Kier alpha value is -1.95. The van der Waals surface area contributed by atoms with Gasteiger partial charge in [0.05, 0.1) is 0 Å². The van der Waals surface area contributed by atoms with Gasteiger partial charge in [-0.05, 0) is 32.0 Å². The third kappa shape index (κ3) is 4.26. The second-order valence-corrected chi connectivity index (χ2v) is 5.45. The van der Waals surface area contributed by atoms with Gasteiger partial charge in [0.25, 0.3) is 0 Å². The third-order valence-electron chi connectivity index (χ3n) is 2.87. The van der Waals surface area contributed by atoms with Gasteiger partial charge in [0.15, 0.2) is 5.82 Å². The minimum absolute atomic E-state index is 0.0543. The molecule has 1 amide bonds. The first-order valence-corrected chi connectivity index (χ1v) is 7.52. The van der Waals surface area contributed by atoms with Crippen LogP contribution in [-0.4, -0.2) is 28.5 Å². The molecule has 1 aromatic carbocycles. The highest BCUT2D eigenvalue weighted by molar-refractivity contribution is 9.10. The summed E-state index contributed by atoms with van der Waals surface area (Å²) < 4.78 is 1.00. The molecule has 21 heavy (non-hydrogen) atoms. The number of hydrogen-bond donors (Lipinski definition) is 2. The number of anilines is 1. The van der Waals surface area contributed by atoms with Gasteiger partial charge < -0.3 is 10.6 Å². The molecule has 1 atom stereocenters. The molecular weight excluding hydrogens is 332 g/mol. The summed E-state index contributed by atoms with van der Waals surface area (Å²) in [6.45, 7) is 4.30. The van der Waals surface area contributed by atoms with E-state index in [2.05, 4.69) is 36.5 Å². The van der Waals surface area contributed by atoms with Crippen LogP contribution in [0.15, 0.2) is 41.0 Å². The smallest absolute Gasteiger partial charge is 0.242 e. The number of likely N-dealkylation sites (N-methyl/N-ethyl adjacent to an activating group) is 1. The van der Waals surface area contributed by atoms with E-state index in [-0.39, 0.29) is 11.9 Å². The van der Waals surface area contributed by atoms with Crippen LogP contribution in [0.5, 0.6) is 0 Å². The lowest BCUT2D eigenvalue weighted by Crippen LogP contribution is -2.37. The highest BCUT2D eigenvalue weighted by Crippen LogP contribution is 2.19. The Morgan fingerprint density at radius 3 is 2.67 bits per heavy atom. The van der Waals surface area contributed by atoms with Crippen molar-refractivity contribution in [1.82, 2.24) is 15.3 Å². The summed E-state index contributed by atoms with van der Waals surface area (Å²) in [5.41, 5.74) is 0.924. The second-order valence-electron chi connectivity index (χ2n) is 4.53. The van der Waals surface area contributed by atoms with Crippen molar-refractivity contribution in [2.75, 3.05) is 11.9 Å². The lowest BCUT2D eigenvalue weighted by molar-refractivity contribution is -0.121. The maximum Gasteiger partial charge on any atom is 0.242 e. The molecule has 0 aliphatic carbocycles. The van der Waals surface area contributed by atoms with Crippen molar-refractivity contribution >= 4 is 27.7 Å². The van der Waals surface area contributed by atoms with Crippen molar-refractivity contribution in [3.05, 3.63) is 41.0 Å². The van der Waals surface area contributed by atoms with E-state index in [1.54, 1.807) is 19.2 Å². The summed E-state index contributed by atoms with van der Waals surface area (Å²) in [5.74, 6) is 1.19. The van der Waals surface area contributed by atoms with E-state index < -0.39 is 0 Å². The maximum atomic E-state index is 11.7. The largest absolute Gasteiger partial charge is 0.359 e. The van der Waals surface area contributed by atoms with Crippen LogP contribution in [0.3, 0.4) is 0 Å². The van der Waals surface area contributed by atoms with E-state index in [1.807, 2.05) is 31.2 Å². The molecule has 2 aromatic rings. The molecule has 6 heteroatoms. The number of nitrogens with zero attached hydrogens (tertiary/aromatic N) is 2. The first-order valence-electron chi connectivity index (χ1n) is 6.73. The maximum absolute atomic E-state index is 11.7. The van der Waals surface area contributed by atoms with Crippen LogP contribution in [-0.2, 0) is 4.79 Å². The fourth-order valence-electron chi connectivity index (χ4n) is 1.79. The Balaban J connectivity index is 2.14. The molecule has 2 rings (SSSR count). The van der Waals surface area contributed by atoms with Gasteiger partial charge in [0, 0.05) is 22.8 Å². The number of carbonyl (C=O) groups excluding carboxylic acids is 1. The molecule has 0 aliphatic heterocycles. The van der Waals surface area contributed by atoms with E-state index in [4.69, 9.17) is 0 Å². The predicted molar refractivity (Wildman–Crippen MR) is 86.9 cm³/mol. The van der Waals surface area contributed by atoms with Crippen LogP contribution < -0.4 is 10.6 Å². The number of carbonyl (C=O) groups is 1. The molecule has 110 valence electrons. The number of rotatable bonds is 5. The van der Waals surface area contributed by atoms with Crippen LogP contribution in [0, 0.1) is 0 Å². The Morgan fingerprint density at radius 1 is 1.29 bits per heavy atom. The number of amides is 1. The first kappa shape index (κ1) is 15.4. The summed E-state index contributed by atoms with van der Waals surface area (Å²) >= 11 is 3.40. The van der Waals surface area contributed by atoms with E-state index in [9.17, 15) is 4.79 Å². The van der Waals surface area contributed by atoms with E-state index in [0.717, 1.165) is 10.0 Å². The molecule has 0 radical (unpaired) electrons. The van der Waals surface area contributed by atoms with Crippen molar-refractivity contribution in [3.8, 4) is 11.4 Å². The number of hydrogen-bond acceptors (Lipinski definition) is 4. The molecule has 0 saturated carbocycles. The zero-order valence-electron chi connectivity index (χ0n) is 11.9. The molecule has 0 saturated heterocycles. The van der Waals surface area contributed by atoms with Crippen LogP contribution in [0.4, 0.5) is 5.82 Å². The molecule has 0 spiro atoms. The normalized spacial score (nSPS) is 11.8. The fourth-order valence-corrected chi connectivity index (χ4v) is 2.06. The highest BCUT2D eigenvalue weighted by Gasteiger charge is 2.12. The van der Waals surface area contributed by atoms with Crippen molar-refractivity contribution in [3.63, 3.8) is 0 Å². The summed E-state index contributed by atoms with van der Waals surface area (Å²) in [7, 11) is 0. The van der Waals surface area contributed by atoms with E-state index >= 15 is 0 Å². The van der Waals surface area contributed by atoms with Crippen molar-refractivity contribution in [2.24, 2.45) is 0 Å². The Bertz CT molecular complexity index is 615. The lowest BCUT2D eigenvalue weighted by Gasteiger charge is -2.14. The van der Waals surface area contributed by atoms with Gasteiger partial charge in [-0.1, -0.05) is 28.1 Å². The Kier molecular flexibility index (Phi) is 5.27. The van der Waals surface area contributed by atoms with Crippen molar-refractivity contribution < 1.29 is 4.79 Å². The Labute approximate surface area is 132 Å². The van der Waals surface area contributed by atoms with Crippen molar-refractivity contribution in [1.29, 1.82) is 0 Å². The van der Waals surface area contributed by atoms with Crippen molar-refractivity contribution in [2.45, 2.75) is 19.9 Å². The molecule has 1 heterocycles. The SMILES string of the molecule is CCNC(=O)C(C)Nc1ccnc(-c2ccc(Br)cc2)n1. The molecule has 5 nitrogen and oxygen atoms in total. The summed E-state index contributed by atoms with van der Waals surface area (Å²) in [6.07, 6.45) is 1.68. The number of benzene rings is 1. The Morgan fingerprint density at radius 2 is 2.00 bits per heavy atom. The highest BCUT2D eigenvalue weighted by atomic mass is 79.9. The van der Waals surface area contributed by atoms with Gasteiger partial charge in [0.1, 0.15) is 11.9 Å². The third-order valence-corrected chi connectivity index (χ3v) is 3.40. The number of aromatic nitrogens is 2. The van der Waals surface area contributed by atoms with Gasteiger partial charge in [-0.3, -0.25) is 4.79 Å². The van der Waals surface area contributed by atoms with E-state index in [0.29, 0.717) is 18.2 Å². The van der Waals surface area contributed by atoms with Gasteiger partial charge in [0.2, 0.25) is 5.91 Å². The van der Waals surface area contributed by atoms with Crippen LogP contribution >= 0.6 is 15.9 Å². The topological polar surface area (TPSA) is 66.9 Å². The average Bonchev–Trinajstić information content (AvgIpc) is 2.48. The minimum atomic E-state index is -0.349. The molecule has 0 aliphatic rings. The molecule has 0 fully saturated rings. The molecule has 1 aromatic heterocycles. The zero-order valence-corrected chi connectivity index (χ0v) is 13.5. The summed E-state index contributed by atoms with van der Waals surface area (Å²) in [6, 6.07) is 9.16. The quantitative estimate of drug-likeness (QED) is 0.871. The molecule has 1 unspecified atom stereocenters. The summed E-state index contributed by atoms with van der Waals surface area (Å²) in [5, 5.41) is 5.84. The standard InChI is InChI=1S/C15H17BrN4O/c1-3-17-15(21)10(2)19-13-8-9-18-14(20-13)11-4-6-12(16)7-5-11/h4-10H,3H2,1-2H3,(H,17,21)(H,18,19,20). The monoisotopic (exact) mass is 348 g/mol. The fraction of sp³-hybridized carbons (Fsp3) is 0.267. The average molecular weight is 349 g/mol. The second kappa shape index (κ2) is 7.17. The van der Waals surface area contributed by atoms with Gasteiger partial charge >= 0.3 is 0 Å². The minimum Gasteiger partial charge on any atom is -0.359 e. The van der Waals surface area contributed by atoms with Gasteiger partial charge in [-0.15, -0.1) is 0 Å². The van der Waals surface area contributed by atoms with Gasteiger partial charge in [-0.2, -0.15) is 0 Å².